The van der Waals surface area contributed by atoms with E-state index >= 15 is 0 Å². The second-order valence-electron chi connectivity index (χ2n) is 3.63. The normalized spacial score (nSPS) is 17.7. The molecule has 1 saturated heterocycles. The maximum Gasteiger partial charge on any atom is 0.149 e. The van der Waals surface area contributed by atoms with Crippen molar-refractivity contribution in [1.82, 2.24) is 0 Å². The van der Waals surface area contributed by atoms with Gasteiger partial charge in [0, 0.05) is 19.3 Å². The summed E-state index contributed by atoms with van der Waals surface area (Å²) in [6.45, 7) is 1.29. The Morgan fingerprint density at radius 2 is 1.73 bits per heavy atom. The summed E-state index contributed by atoms with van der Waals surface area (Å²) in [5.41, 5.74) is -0.0237. The molecule has 0 atom stereocenters. The van der Waals surface area contributed by atoms with Crippen LogP contribution in [0.3, 0.4) is 0 Å². The lowest BCUT2D eigenvalue weighted by molar-refractivity contribution is 0.0903. The topological polar surface area (TPSA) is 21.3 Å². The number of hydrogen-bond acceptors (Lipinski definition) is 2. The van der Waals surface area contributed by atoms with Crippen molar-refractivity contribution in [3.63, 3.8) is 0 Å². The van der Waals surface area contributed by atoms with Crippen LogP contribution in [0.1, 0.15) is 12.8 Å². The molecule has 0 aromatic heterocycles. The number of rotatable bonds is 2. The van der Waals surface area contributed by atoms with Gasteiger partial charge in [0.25, 0.3) is 0 Å². The van der Waals surface area contributed by atoms with Gasteiger partial charge in [0.05, 0.1) is 0 Å². The number of nitrogens with one attached hydrogen (secondary N) is 1. The number of para-hydroxylation sites is 1. The highest BCUT2D eigenvalue weighted by Crippen LogP contribution is 2.21. The Morgan fingerprint density at radius 3 is 2.33 bits per heavy atom. The zero-order valence-electron chi connectivity index (χ0n) is 8.30. The molecule has 0 radical (unpaired) electrons. The van der Waals surface area contributed by atoms with Gasteiger partial charge in [0.15, 0.2) is 0 Å². The summed E-state index contributed by atoms with van der Waals surface area (Å²) in [6.07, 6.45) is 1.57. The first-order valence-corrected chi connectivity index (χ1v) is 5.05. The zero-order valence-corrected chi connectivity index (χ0v) is 8.30. The van der Waals surface area contributed by atoms with E-state index in [-0.39, 0.29) is 11.7 Å². The van der Waals surface area contributed by atoms with Crippen LogP contribution in [0.15, 0.2) is 18.2 Å². The Morgan fingerprint density at radius 1 is 1.13 bits per heavy atom. The van der Waals surface area contributed by atoms with Crippen molar-refractivity contribution in [1.29, 1.82) is 0 Å². The predicted octanol–water partition coefficient (Wildman–Crippen LogP) is 2.56. The molecule has 82 valence electrons. The van der Waals surface area contributed by atoms with Crippen molar-refractivity contribution in [3.05, 3.63) is 29.8 Å². The predicted molar refractivity (Wildman–Crippen MR) is 53.8 cm³/mol. The lowest BCUT2D eigenvalue weighted by Gasteiger charge is -2.24. The fourth-order valence-electron chi connectivity index (χ4n) is 1.68. The monoisotopic (exact) mass is 213 g/mol. The summed E-state index contributed by atoms with van der Waals surface area (Å²) in [5.74, 6) is -1.08. The molecule has 4 heteroatoms. The highest BCUT2D eigenvalue weighted by atomic mass is 19.1. The van der Waals surface area contributed by atoms with E-state index in [1.54, 1.807) is 0 Å². The maximum absolute atomic E-state index is 13.3. The Hall–Kier alpha value is -1.16. The van der Waals surface area contributed by atoms with Gasteiger partial charge in [0.1, 0.15) is 17.3 Å². The highest BCUT2D eigenvalue weighted by Gasteiger charge is 2.17. The second kappa shape index (κ2) is 4.57. The molecule has 2 nitrogen and oxygen atoms in total. The number of ether oxygens (including phenoxy) is 1. The van der Waals surface area contributed by atoms with Gasteiger partial charge < -0.3 is 10.1 Å². The van der Waals surface area contributed by atoms with E-state index in [2.05, 4.69) is 5.32 Å². The van der Waals surface area contributed by atoms with Crippen LogP contribution in [-0.4, -0.2) is 19.3 Å². The smallest absolute Gasteiger partial charge is 0.149 e. The second-order valence-corrected chi connectivity index (χ2v) is 3.63. The number of hydrogen-bond donors (Lipinski definition) is 1. The molecule has 0 saturated carbocycles. The zero-order chi connectivity index (χ0) is 10.7. The molecule has 2 rings (SSSR count). The quantitative estimate of drug-likeness (QED) is 0.815. The van der Waals surface area contributed by atoms with Crippen molar-refractivity contribution in [2.24, 2.45) is 0 Å². The molecule has 15 heavy (non-hydrogen) atoms. The van der Waals surface area contributed by atoms with Crippen LogP contribution < -0.4 is 5.32 Å². The van der Waals surface area contributed by atoms with Crippen LogP contribution in [0.25, 0.3) is 0 Å². The standard InChI is InChI=1S/C11H13F2NO/c12-9-2-1-3-10(13)11(9)14-8-4-6-15-7-5-8/h1-3,8,14H,4-7H2. The Bertz CT molecular complexity index is 317. The summed E-state index contributed by atoms with van der Waals surface area (Å²) < 4.78 is 31.7. The number of halogens is 2. The summed E-state index contributed by atoms with van der Waals surface area (Å²) >= 11 is 0. The molecule has 1 aliphatic rings. The van der Waals surface area contributed by atoms with E-state index in [4.69, 9.17) is 4.74 Å². The van der Waals surface area contributed by atoms with E-state index in [1.165, 1.54) is 18.2 Å². The molecule has 1 aromatic rings. The van der Waals surface area contributed by atoms with Crippen LogP contribution >= 0.6 is 0 Å². The molecule has 1 aromatic carbocycles. The average molecular weight is 213 g/mol. The third-order valence-corrected chi connectivity index (χ3v) is 2.53. The number of anilines is 1. The molecular weight excluding hydrogens is 200 g/mol. The Kier molecular flexibility index (Phi) is 3.16. The first kappa shape index (κ1) is 10.4. The summed E-state index contributed by atoms with van der Waals surface area (Å²) in [6, 6.07) is 3.97. The van der Waals surface area contributed by atoms with E-state index in [0.717, 1.165) is 12.8 Å². The summed E-state index contributed by atoms with van der Waals surface area (Å²) in [7, 11) is 0. The largest absolute Gasteiger partial charge is 0.381 e. The SMILES string of the molecule is Fc1cccc(F)c1NC1CCOCC1. The van der Waals surface area contributed by atoms with Crippen LogP contribution in [0.5, 0.6) is 0 Å². The molecule has 0 spiro atoms. The first-order chi connectivity index (χ1) is 7.27. The molecular formula is C11H13F2NO. The van der Waals surface area contributed by atoms with E-state index in [0.29, 0.717) is 13.2 Å². The fourth-order valence-corrected chi connectivity index (χ4v) is 1.68. The van der Waals surface area contributed by atoms with Crippen molar-refractivity contribution < 1.29 is 13.5 Å². The third-order valence-electron chi connectivity index (χ3n) is 2.53. The van der Waals surface area contributed by atoms with Gasteiger partial charge in [-0.2, -0.15) is 0 Å². The van der Waals surface area contributed by atoms with E-state index < -0.39 is 11.6 Å². The highest BCUT2D eigenvalue weighted by molar-refractivity contribution is 5.46. The fraction of sp³-hybridized carbons (Fsp3) is 0.455. The third kappa shape index (κ3) is 2.45. The summed E-state index contributed by atoms with van der Waals surface area (Å²) in [5, 5.41) is 2.89. The van der Waals surface area contributed by atoms with Gasteiger partial charge in [-0.15, -0.1) is 0 Å². The van der Waals surface area contributed by atoms with Crippen LogP contribution in [-0.2, 0) is 4.74 Å². The maximum atomic E-state index is 13.3. The van der Waals surface area contributed by atoms with Gasteiger partial charge in [-0.1, -0.05) is 6.07 Å². The molecule has 1 aliphatic heterocycles. The minimum absolute atomic E-state index is 0.0237. The van der Waals surface area contributed by atoms with E-state index in [9.17, 15) is 8.78 Å². The van der Waals surface area contributed by atoms with Crippen molar-refractivity contribution in [3.8, 4) is 0 Å². The van der Waals surface area contributed by atoms with Crippen molar-refractivity contribution in [2.45, 2.75) is 18.9 Å². The Balaban J connectivity index is 2.09. The molecule has 0 aliphatic carbocycles. The molecule has 1 heterocycles. The minimum atomic E-state index is -0.540. The average Bonchev–Trinajstić information content (AvgIpc) is 2.25. The van der Waals surface area contributed by atoms with Crippen molar-refractivity contribution in [2.75, 3.05) is 18.5 Å². The Labute approximate surface area is 87.2 Å². The molecule has 0 bridgehead atoms. The van der Waals surface area contributed by atoms with Crippen LogP contribution in [0.4, 0.5) is 14.5 Å². The lowest BCUT2D eigenvalue weighted by atomic mass is 10.1. The van der Waals surface area contributed by atoms with Gasteiger partial charge in [-0.25, -0.2) is 8.78 Å². The van der Waals surface area contributed by atoms with Gasteiger partial charge in [-0.3, -0.25) is 0 Å². The van der Waals surface area contributed by atoms with E-state index in [1.807, 2.05) is 0 Å². The molecule has 1 N–H and O–H groups in total. The number of benzene rings is 1. The van der Waals surface area contributed by atoms with Crippen LogP contribution in [0.2, 0.25) is 0 Å². The van der Waals surface area contributed by atoms with Gasteiger partial charge in [0.2, 0.25) is 0 Å². The van der Waals surface area contributed by atoms with Gasteiger partial charge in [-0.05, 0) is 25.0 Å². The summed E-state index contributed by atoms with van der Waals surface area (Å²) in [4.78, 5) is 0. The molecule has 0 unspecified atom stereocenters. The molecule has 1 fully saturated rings. The van der Waals surface area contributed by atoms with Crippen molar-refractivity contribution >= 4 is 5.69 Å². The van der Waals surface area contributed by atoms with Gasteiger partial charge >= 0.3 is 0 Å². The molecule has 0 amide bonds. The van der Waals surface area contributed by atoms with Crippen LogP contribution in [0, 0.1) is 11.6 Å². The minimum Gasteiger partial charge on any atom is -0.381 e. The lowest BCUT2D eigenvalue weighted by Crippen LogP contribution is -2.28. The first-order valence-electron chi connectivity index (χ1n) is 5.05.